The zero-order valence-corrected chi connectivity index (χ0v) is 13.6. The van der Waals surface area contributed by atoms with E-state index in [1.165, 1.54) is 17.1 Å². The fourth-order valence-electron chi connectivity index (χ4n) is 3.62. The summed E-state index contributed by atoms with van der Waals surface area (Å²) in [6, 6.07) is 0. The van der Waals surface area contributed by atoms with Crippen LogP contribution in [0.4, 0.5) is 5.69 Å². The number of nitro groups is 1. The summed E-state index contributed by atoms with van der Waals surface area (Å²) >= 11 is 0. The Labute approximate surface area is 135 Å². The molecular weight excluding hydrogens is 298 g/mol. The molecule has 0 unspecified atom stereocenters. The Morgan fingerprint density at radius 1 is 1.35 bits per heavy atom. The van der Waals surface area contributed by atoms with Crippen molar-refractivity contribution >= 4 is 11.6 Å². The molecule has 0 saturated carbocycles. The van der Waals surface area contributed by atoms with Crippen LogP contribution in [0.3, 0.4) is 0 Å². The monoisotopic (exact) mass is 321 g/mol. The first-order chi connectivity index (χ1) is 10.9. The smallest absolute Gasteiger partial charge is 0.307 e. The van der Waals surface area contributed by atoms with Crippen molar-refractivity contribution in [1.29, 1.82) is 0 Å². The molecule has 3 heterocycles. The van der Waals surface area contributed by atoms with Gasteiger partial charge in [0.1, 0.15) is 17.9 Å². The summed E-state index contributed by atoms with van der Waals surface area (Å²) in [5.74, 6) is 1.28. The molecule has 0 bridgehead atoms. The number of carbonyl (C=O) groups is 1. The van der Waals surface area contributed by atoms with Gasteiger partial charge >= 0.3 is 5.69 Å². The van der Waals surface area contributed by atoms with Gasteiger partial charge < -0.3 is 10.2 Å². The van der Waals surface area contributed by atoms with E-state index in [-0.39, 0.29) is 11.6 Å². The maximum Gasteiger partial charge on any atom is 0.307 e. The van der Waals surface area contributed by atoms with Crippen molar-refractivity contribution in [2.45, 2.75) is 32.2 Å². The third-order valence-corrected chi connectivity index (χ3v) is 5.18. The Balaban J connectivity index is 1.73. The number of amides is 1. The highest BCUT2D eigenvalue weighted by atomic mass is 16.6. The highest BCUT2D eigenvalue weighted by Gasteiger charge is 2.38. The van der Waals surface area contributed by atoms with Crippen molar-refractivity contribution in [3.05, 3.63) is 22.5 Å². The van der Waals surface area contributed by atoms with Gasteiger partial charge in [-0.15, -0.1) is 0 Å². The lowest BCUT2D eigenvalue weighted by Gasteiger charge is -2.31. The van der Waals surface area contributed by atoms with E-state index in [1.807, 2.05) is 4.90 Å². The second-order valence-electron chi connectivity index (χ2n) is 7.01. The largest absolute Gasteiger partial charge is 0.341 e. The minimum Gasteiger partial charge on any atom is -0.341 e. The second kappa shape index (κ2) is 5.92. The third kappa shape index (κ3) is 2.95. The predicted octanol–water partition coefficient (Wildman–Crippen LogP) is 0.984. The Morgan fingerprint density at radius 3 is 2.48 bits per heavy atom. The van der Waals surface area contributed by atoms with Crippen LogP contribution >= 0.6 is 0 Å². The van der Waals surface area contributed by atoms with Crippen molar-refractivity contribution < 1.29 is 9.72 Å². The second-order valence-corrected chi connectivity index (χ2v) is 7.01. The molecule has 2 fully saturated rings. The lowest BCUT2D eigenvalue weighted by molar-refractivity contribution is -0.385. The van der Waals surface area contributed by atoms with Crippen molar-refractivity contribution in [3.8, 4) is 0 Å². The number of hydrogen-bond donors (Lipinski definition) is 1. The lowest BCUT2D eigenvalue weighted by Crippen LogP contribution is -2.47. The van der Waals surface area contributed by atoms with Gasteiger partial charge in [0.15, 0.2) is 0 Å². The van der Waals surface area contributed by atoms with Crippen LogP contribution in [0.15, 0.2) is 12.4 Å². The molecule has 1 N–H and O–H groups in total. The van der Waals surface area contributed by atoms with Gasteiger partial charge in [-0.3, -0.25) is 19.6 Å². The SMILES string of the molecule is CC(C)(C(=O)N1CC[C@@H]2CNC[C@@H]2CC1)n1cc([N+](=O)[O-])cn1. The average molecular weight is 321 g/mol. The fraction of sp³-hybridized carbons (Fsp3) is 0.733. The molecule has 0 spiro atoms. The number of aromatic nitrogens is 2. The molecule has 8 heteroatoms. The summed E-state index contributed by atoms with van der Waals surface area (Å²) in [6.07, 6.45) is 4.54. The van der Waals surface area contributed by atoms with E-state index in [9.17, 15) is 14.9 Å². The van der Waals surface area contributed by atoms with Gasteiger partial charge in [0.25, 0.3) is 0 Å². The van der Waals surface area contributed by atoms with Crippen molar-refractivity contribution in [2.24, 2.45) is 11.8 Å². The van der Waals surface area contributed by atoms with Gasteiger partial charge in [-0.1, -0.05) is 0 Å². The molecule has 1 aromatic heterocycles. The van der Waals surface area contributed by atoms with Crippen LogP contribution in [0.25, 0.3) is 0 Å². The van der Waals surface area contributed by atoms with E-state index >= 15 is 0 Å². The summed E-state index contributed by atoms with van der Waals surface area (Å²) in [6.45, 7) is 7.10. The summed E-state index contributed by atoms with van der Waals surface area (Å²) in [5, 5.41) is 18.3. The highest BCUT2D eigenvalue weighted by molar-refractivity contribution is 5.83. The molecule has 1 amide bonds. The molecule has 0 aliphatic carbocycles. The van der Waals surface area contributed by atoms with E-state index in [1.54, 1.807) is 13.8 Å². The minimum absolute atomic E-state index is 0.0246. The molecule has 2 atom stereocenters. The topological polar surface area (TPSA) is 93.3 Å². The summed E-state index contributed by atoms with van der Waals surface area (Å²) in [5.41, 5.74) is -1.02. The van der Waals surface area contributed by atoms with Crippen molar-refractivity contribution in [1.82, 2.24) is 20.0 Å². The molecule has 2 aliphatic rings. The molecular formula is C15H23N5O3. The molecule has 0 radical (unpaired) electrons. The van der Waals surface area contributed by atoms with Gasteiger partial charge in [-0.05, 0) is 51.6 Å². The van der Waals surface area contributed by atoms with Crippen LogP contribution < -0.4 is 5.32 Å². The Bertz CT molecular complexity index is 598. The van der Waals surface area contributed by atoms with Crippen LogP contribution in [0.2, 0.25) is 0 Å². The van der Waals surface area contributed by atoms with Gasteiger partial charge in [-0.25, -0.2) is 0 Å². The van der Waals surface area contributed by atoms with Crippen molar-refractivity contribution in [3.63, 3.8) is 0 Å². The Hall–Kier alpha value is -1.96. The summed E-state index contributed by atoms with van der Waals surface area (Å²) in [4.78, 5) is 25.2. The molecule has 2 aliphatic heterocycles. The van der Waals surface area contributed by atoms with Crippen LogP contribution in [-0.4, -0.2) is 51.7 Å². The molecule has 3 rings (SSSR count). The van der Waals surface area contributed by atoms with Gasteiger partial charge in [-0.2, -0.15) is 5.10 Å². The number of rotatable bonds is 3. The standard InChI is InChI=1S/C15H23N5O3/c1-15(2,19-10-13(9-17-19)20(22)23)14(21)18-5-3-11-7-16-8-12(11)4-6-18/h9-12,16H,3-8H2,1-2H3/t11-,12+. The summed E-state index contributed by atoms with van der Waals surface area (Å²) in [7, 11) is 0. The van der Waals surface area contributed by atoms with E-state index < -0.39 is 10.5 Å². The quantitative estimate of drug-likeness (QED) is 0.662. The van der Waals surface area contributed by atoms with E-state index in [4.69, 9.17) is 0 Å². The first kappa shape index (κ1) is 15.9. The normalized spacial score (nSPS) is 25.0. The lowest BCUT2D eigenvalue weighted by atomic mass is 9.92. The van der Waals surface area contributed by atoms with E-state index in [0.717, 1.165) is 39.0 Å². The first-order valence-electron chi connectivity index (χ1n) is 8.09. The highest BCUT2D eigenvalue weighted by Crippen LogP contribution is 2.29. The number of hydrogen-bond acceptors (Lipinski definition) is 5. The molecule has 1 aromatic rings. The molecule has 8 nitrogen and oxygen atoms in total. The summed E-state index contributed by atoms with van der Waals surface area (Å²) < 4.78 is 1.40. The van der Waals surface area contributed by atoms with Crippen LogP contribution in [0.5, 0.6) is 0 Å². The van der Waals surface area contributed by atoms with E-state index in [2.05, 4.69) is 10.4 Å². The minimum atomic E-state index is -0.925. The maximum atomic E-state index is 13.0. The zero-order chi connectivity index (χ0) is 16.6. The molecule has 0 aromatic carbocycles. The van der Waals surface area contributed by atoms with E-state index in [0.29, 0.717) is 11.8 Å². The number of likely N-dealkylation sites (tertiary alicyclic amines) is 1. The third-order valence-electron chi connectivity index (χ3n) is 5.18. The molecule has 126 valence electrons. The number of carbonyl (C=O) groups excluding carboxylic acids is 1. The first-order valence-corrected chi connectivity index (χ1v) is 8.09. The molecule has 2 saturated heterocycles. The Morgan fingerprint density at radius 2 is 1.96 bits per heavy atom. The average Bonchev–Trinajstić information content (AvgIpc) is 3.13. The van der Waals surface area contributed by atoms with Crippen LogP contribution in [-0.2, 0) is 10.3 Å². The van der Waals surface area contributed by atoms with Gasteiger partial charge in [0.05, 0.1) is 4.92 Å². The number of fused-ring (bicyclic) bond motifs is 1. The number of nitrogens with one attached hydrogen (secondary N) is 1. The van der Waals surface area contributed by atoms with Crippen LogP contribution in [0.1, 0.15) is 26.7 Å². The molecule has 23 heavy (non-hydrogen) atoms. The Kier molecular flexibility index (Phi) is 4.09. The number of nitrogens with zero attached hydrogens (tertiary/aromatic N) is 4. The van der Waals surface area contributed by atoms with Crippen molar-refractivity contribution in [2.75, 3.05) is 26.2 Å². The maximum absolute atomic E-state index is 13.0. The van der Waals surface area contributed by atoms with Gasteiger partial charge in [0, 0.05) is 13.1 Å². The van der Waals surface area contributed by atoms with Gasteiger partial charge in [0.2, 0.25) is 5.91 Å². The predicted molar refractivity (Wildman–Crippen MR) is 83.9 cm³/mol. The van der Waals surface area contributed by atoms with Crippen LogP contribution in [0, 0.1) is 22.0 Å². The zero-order valence-electron chi connectivity index (χ0n) is 13.6. The fourth-order valence-corrected chi connectivity index (χ4v) is 3.62.